The summed E-state index contributed by atoms with van der Waals surface area (Å²) in [6.07, 6.45) is 1.62. The van der Waals surface area contributed by atoms with Crippen LogP contribution in [0.25, 0.3) is 0 Å². The summed E-state index contributed by atoms with van der Waals surface area (Å²) in [5.41, 5.74) is -1.44. The van der Waals surface area contributed by atoms with Crippen LogP contribution in [0.3, 0.4) is 0 Å². The fourth-order valence-corrected chi connectivity index (χ4v) is 2.21. The van der Waals surface area contributed by atoms with Crippen molar-refractivity contribution < 1.29 is 28.8 Å². The molecule has 1 spiro atoms. The van der Waals surface area contributed by atoms with Crippen molar-refractivity contribution in [1.82, 2.24) is 0 Å². The highest BCUT2D eigenvalue weighted by Crippen LogP contribution is 2.43. The smallest absolute Gasteiger partial charge is 0.221 e. The highest BCUT2D eigenvalue weighted by molar-refractivity contribution is 6.01. The second-order valence-corrected chi connectivity index (χ2v) is 4.75. The summed E-state index contributed by atoms with van der Waals surface area (Å²) in [6.45, 7) is 3.17. The maximum atomic E-state index is 11.9. The summed E-state index contributed by atoms with van der Waals surface area (Å²) in [5, 5.41) is 9.94. The minimum Gasteiger partial charge on any atom is -0.385 e. The van der Waals surface area contributed by atoms with Crippen LogP contribution in [0.4, 0.5) is 0 Å². The largest absolute Gasteiger partial charge is 0.385 e. The molecule has 102 valence electrons. The van der Waals surface area contributed by atoms with Gasteiger partial charge in [-0.3, -0.25) is 4.79 Å². The predicted molar refractivity (Wildman–Crippen MR) is 60.7 cm³/mol. The summed E-state index contributed by atoms with van der Waals surface area (Å²) in [6, 6.07) is 0. The van der Waals surface area contributed by atoms with Gasteiger partial charge in [0, 0.05) is 14.2 Å². The predicted octanol–water partition coefficient (Wildman–Crippen LogP) is -0.00300. The third-order valence-electron chi connectivity index (χ3n) is 3.87. The second kappa shape index (κ2) is 4.11. The van der Waals surface area contributed by atoms with E-state index in [-0.39, 0.29) is 12.4 Å². The highest BCUT2D eigenvalue weighted by atomic mass is 16.8. The quantitative estimate of drug-likeness (QED) is 0.751. The van der Waals surface area contributed by atoms with Crippen molar-refractivity contribution in [3.05, 3.63) is 12.2 Å². The Morgan fingerprint density at radius 1 is 1.33 bits per heavy atom. The minimum absolute atomic E-state index is 0.0940. The van der Waals surface area contributed by atoms with Crippen molar-refractivity contribution in [2.24, 2.45) is 0 Å². The van der Waals surface area contributed by atoms with E-state index < -0.39 is 23.3 Å². The number of carbonyl (C=O) groups is 1. The van der Waals surface area contributed by atoms with Gasteiger partial charge in [-0.15, -0.1) is 0 Å². The van der Waals surface area contributed by atoms with Gasteiger partial charge in [-0.25, -0.2) is 0 Å². The fourth-order valence-electron chi connectivity index (χ4n) is 2.21. The first-order valence-corrected chi connectivity index (χ1v) is 5.69. The Kier molecular flexibility index (Phi) is 3.11. The Bertz CT molecular complexity index is 394. The third kappa shape index (κ3) is 1.57. The summed E-state index contributed by atoms with van der Waals surface area (Å²) in [5.74, 6) is -2.80. The van der Waals surface area contributed by atoms with E-state index in [0.29, 0.717) is 0 Å². The van der Waals surface area contributed by atoms with Gasteiger partial charge < -0.3 is 24.1 Å². The van der Waals surface area contributed by atoms with Crippen molar-refractivity contribution >= 4 is 5.78 Å². The van der Waals surface area contributed by atoms with Crippen LogP contribution in [0.1, 0.15) is 13.8 Å². The van der Waals surface area contributed by atoms with Gasteiger partial charge in [0.2, 0.25) is 11.6 Å². The van der Waals surface area contributed by atoms with Crippen LogP contribution in [0, 0.1) is 0 Å². The number of methoxy groups -OCH3 is 2. The standard InChI is InChI=1S/C12H18O6/c1-10(15-3)11(2,16-4)18-12(7-17-10)8(13)5-6-9(12)14/h5-6,8,13H,7H2,1-4H3/t8-,10-,11-,12-/m1/s1. The number of aliphatic hydroxyl groups is 1. The Morgan fingerprint density at radius 3 is 2.39 bits per heavy atom. The molecule has 0 aromatic rings. The van der Waals surface area contributed by atoms with Gasteiger partial charge in [-0.05, 0) is 26.0 Å². The molecule has 4 atom stereocenters. The van der Waals surface area contributed by atoms with Crippen molar-refractivity contribution in [3.63, 3.8) is 0 Å². The Morgan fingerprint density at radius 2 is 1.94 bits per heavy atom. The van der Waals surface area contributed by atoms with Crippen LogP contribution in [0.15, 0.2) is 12.2 Å². The van der Waals surface area contributed by atoms with E-state index in [1.54, 1.807) is 13.8 Å². The molecule has 0 aromatic carbocycles. The molecule has 0 bridgehead atoms. The molecule has 1 N–H and O–H groups in total. The molecule has 0 radical (unpaired) electrons. The lowest BCUT2D eigenvalue weighted by molar-refractivity contribution is -0.448. The minimum atomic E-state index is -1.44. The normalized spacial score (nSPS) is 48.1. The second-order valence-electron chi connectivity index (χ2n) is 4.75. The van der Waals surface area contributed by atoms with E-state index in [0.717, 1.165) is 0 Å². The highest BCUT2D eigenvalue weighted by Gasteiger charge is 2.63. The van der Waals surface area contributed by atoms with Crippen molar-refractivity contribution in [2.75, 3.05) is 20.8 Å². The molecule has 18 heavy (non-hydrogen) atoms. The average molecular weight is 258 g/mol. The van der Waals surface area contributed by atoms with Gasteiger partial charge in [0.05, 0.1) is 6.61 Å². The summed E-state index contributed by atoms with van der Waals surface area (Å²) < 4.78 is 22.0. The van der Waals surface area contributed by atoms with E-state index in [1.165, 1.54) is 26.4 Å². The Labute approximate surface area is 105 Å². The first kappa shape index (κ1) is 13.6. The molecule has 0 saturated carbocycles. The number of carbonyl (C=O) groups excluding carboxylic acids is 1. The van der Waals surface area contributed by atoms with Crippen molar-refractivity contribution in [2.45, 2.75) is 37.1 Å². The van der Waals surface area contributed by atoms with E-state index in [1.807, 2.05) is 0 Å². The lowest BCUT2D eigenvalue weighted by Crippen LogP contribution is -2.70. The summed E-state index contributed by atoms with van der Waals surface area (Å²) >= 11 is 0. The van der Waals surface area contributed by atoms with Crippen LogP contribution in [-0.2, 0) is 23.7 Å². The lowest BCUT2D eigenvalue weighted by atomic mass is 9.94. The number of aliphatic hydroxyl groups excluding tert-OH is 1. The molecular formula is C12H18O6. The number of hydrogen-bond donors (Lipinski definition) is 1. The molecule has 0 unspecified atom stereocenters. The SMILES string of the molecule is CO[C@]1(C)OC[C@]2(O[C@@]1(C)OC)C(=O)C=C[C@H]2O. The van der Waals surface area contributed by atoms with Gasteiger partial charge >= 0.3 is 0 Å². The number of ether oxygens (including phenoxy) is 4. The average Bonchev–Trinajstić information content (AvgIpc) is 2.63. The lowest BCUT2D eigenvalue weighted by Gasteiger charge is -2.52. The maximum Gasteiger partial charge on any atom is 0.221 e. The number of rotatable bonds is 2. The molecule has 1 aliphatic heterocycles. The monoisotopic (exact) mass is 258 g/mol. The Hall–Kier alpha value is -0.790. The zero-order valence-electron chi connectivity index (χ0n) is 10.9. The molecular weight excluding hydrogens is 240 g/mol. The molecule has 6 nitrogen and oxygen atoms in total. The molecule has 0 amide bonds. The van der Waals surface area contributed by atoms with Gasteiger partial charge in [0.1, 0.15) is 6.10 Å². The topological polar surface area (TPSA) is 74.2 Å². The molecule has 1 aliphatic carbocycles. The zero-order chi connectivity index (χ0) is 13.6. The molecule has 0 aromatic heterocycles. The van der Waals surface area contributed by atoms with Crippen LogP contribution in [0.2, 0.25) is 0 Å². The van der Waals surface area contributed by atoms with Crippen LogP contribution >= 0.6 is 0 Å². The van der Waals surface area contributed by atoms with E-state index in [4.69, 9.17) is 18.9 Å². The molecule has 6 heteroatoms. The van der Waals surface area contributed by atoms with Gasteiger partial charge in [-0.1, -0.05) is 0 Å². The van der Waals surface area contributed by atoms with Gasteiger partial charge in [0.25, 0.3) is 0 Å². The molecule has 1 heterocycles. The summed E-state index contributed by atoms with van der Waals surface area (Å²) in [4.78, 5) is 11.9. The fraction of sp³-hybridized carbons (Fsp3) is 0.750. The number of ketones is 1. The number of hydrogen-bond acceptors (Lipinski definition) is 6. The Balaban J connectivity index is 2.36. The first-order valence-electron chi connectivity index (χ1n) is 5.69. The van der Waals surface area contributed by atoms with Crippen LogP contribution in [0.5, 0.6) is 0 Å². The van der Waals surface area contributed by atoms with E-state index in [9.17, 15) is 9.90 Å². The zero-order valence-corrected chi connectivity index (χ0v) is 10.9. The maximum absolute atomic E-state index is 11.9. The van der Waals surface area contributed by atoms with Crippen molar-refractivity contribution in [3.8, 4) is 0 Å². The molecule has 1 fully saturated rings. The van der Waals surface area contributed by atoms with E-state index >= 15 is 0 Å². The van der Waals surface area contributed by atoms with Gasteiger partial charge in [0.15, 0.2) is 11.4 Å². The molecule has 2 rings (SSSR count). The summed E-state index contributed by atoms with van der Waals surface area (Å²) in [7, 11) is 2.89. The first-order chi connectivity index (χ1) is 8.33. The third-order valence-corrected chi connectivity index (χ3v) is 3.87. The van der Waals surface area contributed by atoms with Crippen molar-refractivity contribution in [1.29, 1.82) is 0 Å². The molecule has 2 aliphatic rings. The van der Waals surface area contributed by atoms with E-state index in [2.05, 4.69) is 0 Å². The molecule has 1 saturated heterocycles. The van der Waals surface area contributed by atoms with Gasteiger partial charge in [-0.2, -0.15) is 0 Å². The van der Waals surface area contributed by atoms with Crippen LogP contribution < -0.4 is 0 Å². The van der Waals surface area contributed by atoms with Crippen LogP contribution in [-0.4, -0.2) is 55.0 Å².